The number of rotatable bonds is 3. The summed E-state index contributed by atoms with van der Waals surface area (Å²) < 4.78 is 0. The maximum absolute atomic E-state index is 12.2. The van der Waals surface area contributed by atoms with Crippen LogP contribution in [0.5, 0.6) is 0 Å². The van der Waals surface area contributed by atoms with Gasteiger partial charge in [-0.2, -0.15) is 0 Å². The summed E-state index contributed by atoms with van der Waals surface area (Å²) in [6, 6.07) is 0. The Morgan fingerprint density at radius 2 is 1.33 bits per heavy atom. The van der Waals surface area contributed by atoms with Crippen molar-refractivity contribution in [3.05, 3.63) is 0 Å². The topological polar surface area (TPSA) is 29.1 Å². The van der Waals surface area contributed by atoms with E-state index in [9.17, 15) is 4.79 Å². The van der Waals surface area contributed by atoms with Crippen LogP contribution in [0.15, 0.2) is 0 Å². The van der Waals surface area contributed by atoms with E-state index in [1.165, 1.54) is 51.4 Å². The fourth-order valence-corrected chi connectivity index (χ4v) is 5.40. The van der Waals surface area contributed by atoms with Gasteiger partial charge in [0.15, 0.2) is 0 Å². The average Bonchev–Trinajstić information content (AvgIpc) is 2.49. The third kappa shape index (κ3) is 5.26. The molecule has 2 rings (SSSR count). The molecular weight excluding hydrogens is 293 g/mol. The maximum Gasteiger partial charge on any atom is 0.225 e. The molecule has 2 nitrogen and oxygen atoms in total. The fourth-order valence-electron chi connectivity index (χ4n) is 5.40. The first-order valence-corrected chi connectivity index (χ1v) is 10.3. The van der Waals surface area contributed by atoms with Crippen molar-refractivity contribution in [3.63, 3.8) is 0 Å². The van der Waals surface area contributed by atoms with Gasteiger partial charge >= 0.3 is 0 Å². The number of hydrogen-bond acceptors (Lipinski definition) is 1. The molecule has 0 heterocycles. The second-order valence-electron chi connectivity index (χ2n) is 9.46. The summed E-state index contributed by atoms with van der Waals surface area (Å²) in [5.41, 5.74) is 0.235. The first kappa shape index (κ1) is 19.9. The van der Waals surface area contributed by atoms with Gasteiger partial charge in [0, 0.05) is 12.5 Å². The summed E-state index contributed by atoms with van der Waals surface area (Å²) in [5.74, 6) is 0.207. The molecule has 3 heteroatoms. The molecule has 136 valence electrons. The summed E-state index contributed by atoms with van der Waals surface area (Å²) in [5, 5.41) is 2.84. The predicted molar refractivity (Wildman–Crippen MR) is 103 cm³/mol. The van der Waals surface area contributed by atoms with Gasteiger partial charge in [0.25, 0.3) is 0 Å². The summed E-state index contributed by atoms with van der Waals surface area (Å²) in [6.45, 7) is 4.62. The molecule has 0 aliphatic heterocycles. The van der Waals surface area contributed by atoms with Gasteiger partial charge in [0.2, 0.25) is 5.91 Å². The Balaban J connectivity index is 1.97. The molecule has 2 saturated carbocycles. The van der Waals surface area contributed by atoms with E-state index >= 15 is 0 Å². The molecule has 0 saturated heterocycles. The normalized spacial score (nSPS) is 35.1. The van der Waals surface area contributed by atoms with Crippen LogP contribution in [0.2, 0.25) is 5.31 Å². The van der Waals surface area contributed by atoms with Crippen LogP contribution in [0, 0.1) is 10.8 Å². The van der Waals surface area contributed by atoms with Gasteiger partial charge in [-0.25, -0.2) is 0 Å². The molecule has 0 aromatic heterocycles. The molecule has 0 unspecified atom stereocenters. The average molecular weight is 331 g/mol. The van der Waals surface area contributed by atoms with Gasteiger partial charge in [0.1, 0.15) is 0 Å². The first-order chi connectivity index (χ1) is 11.3. The Bertz CT molecular complexity index is 402. The molecule has 2 aliphatic rings. The van der Waals surface area contributed by atoms with Crippen LogP contribution in [-0.4, -0.2) is 20.8 Å². The molecule has 2 aliphatic carbocycles. The molecule has 1 amide bonds. The summed E-state index contributed by atoms with van der Waals surface area (Å²) in [4.78, 5) is 12.2. The number of amides is 1. The Hall–Kier alpha value is -0.465. The van der Waals surface area contributed by atoms with Crippen LogP contribution in [0.1, 0.15) is 104 Å². The second kappa shape index (κ2) is 8.28. The number of carbonyl (C=O) groups excluding carboxylic acids is 1. The standard InChI is InChI=1S/C21H38BNO/c1-19(11-7-5-4-6-8-12-19)17-21(22)15-9-13-20(2,14-10-16-21)18(24)23-3/h4-17H2,1-3H3,(H,23,24). The minimum atomic E-state index is -0.194. The highest BCUT2D eigenvalue weighted by Gasteiger charge is 2.39. The van der Waals surface area contributed by atoms with E-state index in [1.807, 2.05) is 0 Å². The largest absolute Gasteiger partial charge is 0.359 e. The lowest BCUT2D eigenvalue weighted by molar-refractivity contribution is -0.130. The lowest BCUT2D eigenvalue weighted by Crippen LogP contribution is -2.38. The van der Waals surface area contributed by atoms with Crippen molar-refractivity contribution in [2.45, 2.75) is 109 Å². The van der Waals surface area contributed by atoms with E-state index < -0.39 is 0 Å². The third-order valence-corrected chi connectivity index (χ3v) is 6.92. The predicted octanol–water partition coefficient (Wildman–Crippen LogP) is 5.56. The summed E-state index contributed by atoms with van der Waals surface area (Å²) in [6.07, 6.45) is 17.1. The van der Waals surface area contributed by atoms with Crippen molar-refractivity contribution in [1.29, 1.82) is 0 Å². The Morgan fingerprint density at radius 3 is 1.83 bits per heavy atom. The van der Waals surface area contributed by atoms with Crippen molar-refractivity contribution in [2.24, 2.45) is 10.8 Å². The molecule has 0 aromatic carbocycles. The Kier molecular flexibility index (Phi) is 6.85. The van der Waals surface area contributed by atoms with E-state index in [4.69, 9.17) is 7.85 Å². The van der Waals surface area contributed by atoms with Gasteiger partial charge in [-0.1, -0.05) is 83.4 Å². The molecule has 2 fully saturated rings. The number of carbonyl (C=O) groups is 1. The first-order valence-electron chi connectivity index (χ1n) is 10.3. The highest BCUT2D eigenvalue weighted by molar-refractivity contribution is 6.15. The van der Waals surface area contributed by atoms with E-state index in [2.05, 4.69) is 19.2 Å². The zero-order valence-electron chi connectivity index (χ0n) is 16.4. The van der Waals surface area contributed by atoms with E-state index in [0.717, 1.165) is 38.5 Å². The van der Waals surface area contributed by atoms with Gasteiger partial charge in [-0.15, -0.1) is 0 Å². The monoisotopic (exact) mass is 331 g/mol. The highest BCUT2D eigenvalue weighted by Crippen LogP contribution is 2.52. The molecule has 2 radical (unpaired) electrons. The third-order valence-electron chi connectivity index (χ3n) is 6.92. The lowest BCUT2D eigenvalue weighted by Gasteiger charge is -2.44. The molecule has 1 N–H and O–H groups in total. The van der Waals surface area contributed by atoms with Crippen LogP contribution in [-0.2, 0) is 4.79 Å². The van der Waals surface area contributed by atoms with Crippen molar-refractivity contribution in [3.8, 4) is 0 Å². The zero-order chi connectivity index (χ0) is 17.7. The Labute approximate surface area is 151 Å². The summed E-state index contributed by atoms with van der Waals surface area (Å²) in [7, 11) is 8.69. The van der Waals surface area contributed by atoms with Crippen molar-refractivity contribution >= 4 is 13.8 Å². The maximum atomic E-state index is 12.2. The van der Waals surface area contributed by atoms with Gasteiger partial charge in [-0.3, -0.25) is 4.79 Å². The smallest absolute Gasteiger partial charge is 0.225 e. The molecule has 24 heavy (non-hydrogen) atoms. The molecule has 0 spiro atoms. The van der Waals surface area contributed by atoms with Gasteiger partial charge < -0.3 is 5.32 Å². The lowest BCUT2D eigenvalue weighted by atomic mass is 9.53. The Morgan fingerprint density at radius 1 is 0.833 bits per heavy atom. The fraction of sp³-hybridized carbons (Fsp3) is 0.952. The van der Waals surface area contributed by atoms with Crippen LogP contribution in [0.4, 0.5) is 0 Å². The highest BCUT2D eigenvalue weighted by atomic mass is 16.2. The van der Waals surface area contributed by atoms with Crippen LogP contribution < -0.4 is 5.32 Å². The van der Waals surface area contributed by atoms with Gasteiger partial charge in [-0.05, 0) is 31.1 Å². The van der Waals surface area contributed by atoms with Crippen LogP contribution >= 0.6 is 0 Å². The minimum absolute atomic E-state index is 0.0159. The van der Waals surface area contributed by atoms with Crippen LogP contribution in [0.3, 0.4) is 0 Å². The SMILES string of the molecule is [B]C1(CC2(C)CCCCCCC2)CCCC(C)(C(=O)NC)CCC1. The summed E-state index contributed by atoms with van der Waals surface area (Å²) >= 11 is 0. The van der Waals surface area contributed by atoms with Crippen LogP contribution in [0.25, 0.3) is 0 Å². The molecule has 0 aromatic rings. The van der Waals surface area contributed by atoms with Crippen molar-refractivity contribution < 1.29 is 4.79 Å². The number of hydrogen-bond donors (Lipinski definition) is 1. The second-order valence-corrected chi connectivity index (χ2v) is 9.46. The molecule has 0 bridgehead atoms. The van der Waals surface area contributed by atoms with E-state index in [1.54, 1.807) is 7.05 Å². The van der Waals surface area contributed by atoms with Gasteiger partial charge in [0.05, 0.1) is 7.85 Å². The molecule has 0 atom stereocenters. The van der Waals surface area contributed by atoms with E-state index in [-0.39, 0.29) is 16.6 Å². The van der Waals surface area contributed by atoms with Crippen molar-refractivity contribution in [1.82, 2.24) is 5.32 Å². The zero-order valence-corrected chi connectivity index (χ0v) is 16.4. The number of nitrogens with one attached hydrogen (secondary N) is 1. The molecular formula is C21H38BNO. The minimum Gasteiger partial charge on any atom is -0.359 e. The van der Waals surface area contributed by atoms with E-state index in [0.29, 0.717) is 5.41 Å². The van der Waals surface area contributed by atoms with Crippen molar-refractivity contribution in [2.75, 3.05) is 7.05 Å². The quantitative estimate of drug-likeness (QED) is 0.674.